The third-order valence-corrected chi connectivity index (χ3v) is 4.81. The highest BCUT2D eigenvalue weighted by Crippen LogP contribution is 2.48. The van der Waals surface area contributed by atoms with Crippen LogP contribution in [0.5, 0.6) is 5.75 Å². The van der Waals surface area contributed by atoms with E-state index >= 15 is 0 Å². The van der Waals surface area contributed by atoms with Crippen molar-refractivity contribution in [3.8, 4) is 5.75 Å². The molecule has 2 unspecified atom stereocenters. The molecule has 1 N–H and O–H groups in total. The number of pyridine rings is 1. The lowest BCUT2D eigenvalue weighted by atomic mass is 9.90. The Morgan fingerprint density at radius 2 is 2.12 bits per heavy atom. The number of halogens is 1. The molecule has 2 aliphatic rings. The van der Waals surface area contributed by atoms with E-state index in [2.05, 4.69) is 31.2 Å². The summed E-state index contributed by atoms with van der Waals surface area (Å²) in [5, 5.41) is 5.09. The van der Waals surface area contributed by atoms with Crippen molar-refractivity contribution < 1.29 is 9.57 Å². The molecule has 1 aromatic carbocycles. The Hall–Kier alpha value is -2.12. The van der Waals surface area contributed by atoms with Crippen LogP contribution in [-0.2, 0) is 10.6 Å². The molecule has 0 radical (unpaired) electrons. The molecule has 7 heteroatoms. The first-order valence-electron chi connectivity index (χ1n) is 7.66. The molecule has 2 atom stereocenters. The molecular formula is C17H17BrN4O2. The molecule has 1 spiro atoms. The van der Waals surface area contributed by atoms with Gasteiger partial charge in [-0.15, -0.1) is 0 Å². The predicted molar refractivity (Wildman–Crippen MR) is 93.4 cm³/mol. The van der Waals surface area contributed by atoms with Gasteiger partial charge in [0.05, 0.1) is 0 Å². The number of hydroxylamine groups is 2. The Kier molecular flexibility index (Phi) is 3.69. The summed E-state index contributed by atoms with van der Waals surface area (Å²) in [6.07, 6.45) is 4.02. The summed E-state index contributed by atoms with van der Waals surface area (Å²) < 4.78 is 7.21. The summed E-state index contributed by atoms with van der Waals surface area (Å²) in [4.78, 5) is 14.5. The number of ether oxygens (including phenoxy) is 1. The van der Waals surface area contributed by atoms with Crippen molar-refractivity contribution in [1.29, 1.82) is 0 Å². The molecule has 1 aromatic heterocycles. The van der Waals surface area contributed by atoms with Crippen LogP contribution < -0.4 is 10.1 Å². The van der Waals surface area contributed by atoms with E-state index in [1.54, 1.807) is 24.5 Å². The number of rotatable bonds is 1. The van der Waals surface area contributed by atoms with Gasteiger partial charge in [0.1, 0.15) is 11.9 Å². The van der Waals surface area contributed by atoms with Crippen molar-refractivity contribution in [2.45, 2.75) is 18.2 Å². The lowest BCUT2D eigenvalue weighted by Crippen LogP contribution is -2.44. The van der Waals surface area contributed by atoms with Gasteiger partial charge in [-0.2, -0.15) is 0 Å². The second kappa shape index (κ2) is 5.75. The average Bonchev–Trinajstić information content (AvgIpc) is 2.92. The van der Waals surface area contributed by atoms with Crippen molar-refractivity contribution >= 4 is 21.9 Å². The van der Waals surface area contributed by atoms with Crippen LogP contribution in [-0.4, -0.2) is 30.1 Å². The second-order valence-corrected chi connectivity index (χ2v) is 6.74. The van der Waals surface area contributed by atoms with E-state index in [1.807, 2.05) is 37.4 Å². The number of aliphatic imine (C=N–C) groups is 1. The summed E-state index contributed by atoms with van der Waals surface area (Å²) in [6, 6.07) is 9.89. The maximum atomic E-state index is 6.24. The van der Waals surface area contributed by atoms with Gasteiger partial charge in [-0.05, 0) is 35.9 Å². The summed E-state index contributed by atoms with van der Waals surface area (Å²) in [5.74, 6) is 1.49. The topological polar surface area (TPSA) is 59.0 Å². The zero-order valence-corrected chi connectivity index (χ0v) is 14.9. The minimum Gasteiger partial charge on any atom is -0.485 e. The van der Waals surface area contributed by atoms with Gasteiger partial charge < -0.3 is 10.1 Å². The lowest BCUT2D eigenvalue weighted by Gasteiger charge is -2.38. The Morgan fingerprint density at radius 1 is 1.33 bits per heavy atom. The fraction of sp³-hybridized carbons (Fsp3) is 0.294. The molecule has 2 aliphatic heterocycles. The van der Waals surface area contributed by atoms with Crippen LogP contribution in [0.3, 0.4) is 0 Å². The van der Waals surface area contributed by atoms with Gasteiger partial charge in [-0.25, -0.2) is 9.90 Å². The van der Waals surface area contributed by atoms with Crippen molar-refractivity contribution in [2.24, 2.45) is 4.99 Å². The van der Waals surface area contributed by atoms with Crippen LogP contribution in [0.1, 0.15) is 23.7 Å². The number of fused-ring (bicyclic) bond motifs is 2. The molecular weight excluding hydrogens is 372 g/mol. The number of benzene rings is 1. The zero-order valence-electron chi connectivity index (χ0n) is 13.4. The molecule has 1 fully saturated rings. The fourth-order valence-corrected chi connectivity index (χ4v) is 3.57. The van der Waals surface area contributed by atoms with Crippen molar-refractivity contribution in [2.75, 3.05) is 14.1 Å². The van der Waals surface area contributed by atoms with E-state index in [4.69, 9.17) is 9.57 Å². The number of hydrogen-bond donors (Lipinski definition) is 1. The van der Waals surface area contributed by atoms with E-state index in [9.17, 15) is 0 Å². The number of nitrogens with one attached hydrogen (secondary N) is 1. The highest BCUT2D eigenvalue weighted by atomic mass is 79.9. The Balaban J connectivity index is 1.82. The van der Waals surface area contributed by atoms with Crippen LogP contribution >= 0.6 is 15.9 Å². The van der Waals surface area contributed by atoms with Crippen LogP contribution in [0.15, 0.2) is 52.2 Å². The quantitative estimate of drug-likeness (QED) is 0.813. The first kappa shape index (κ1) is 15.4. The SMILES string of the molecule is CN=C1NC2(CC(c3ccncc3)Oc3ccc(Br)cc32)ON1C. The number of guanidine groups is 1. The molecule has 4 rings (SSSR count). The van der Waals surface area contributed by atoms with Crippen molar-refractivity contribution in [1.82, 2.24) is 15.4 Å². The van der Waals surface area contributed by atoms with Crippen molar-refractivity contribution in [3.05, 3.63) is 58.3 Å². The molecule has 24 heavy (non-hydrogen) atoms. The molecule has 124 valence electrons. The Labute approximate surface area is 148 Å². The predicted octanol–water partition coefficient (Wildman–Crippen LogP) is 2.97. The van der Waals surface area contributed by atoms with Crippen LogP contribution in [0.2, 0.25) is 0 Å². The maximum Gasteiger partial charge on any atom is 0.220 e. The molecule has 0 bridgehead atoms. The maximum absolute atomic E-state index is 6.24. The minimum absolute atomic E-state index is 0.140. The second-order valence-electron chi connectivity index (χ2n) is 5.82. The Bertz CT molecular complexity index is 798. The van der Waals surface area contributed by atoms with E-state index in [-0.39, 0.29) is 6.10 Å². The Morgan fingerprint density at radius 3 is 2.83 bits per heavy atom. The normalized spacial score (nSPS) is 27.0. The van der Waals surface area contributed by atoms with Gasteiger partial charge in [0.25, 0.3) is 0 Å². The van der Waals surface area contributed by atoms with Gasteiger partial charge >= 0.3 is 0 Å². The highest BCUT2D eigenvalue weighted by molar-refractivity contribution is 9.10. The minimum atomic E-state index is -0.713. The van der Waals surface area contributed by atoms with Gasteiger partial charge in [0.2, 0.25) is 11.7 Å². The summed E-state index contributed by atoms with van der Waals surface area (Å²) in [5.41, 5.74) is 1.30. The first-order chi connectivity index (χ1) is 11.6. The van der Waals surface area contributed by atoms with Gasteiger partial charge in [-0.1, -0.05) is 15.9 Å². The zero-order chi connectivity index (χ0) is 16.7. The third-order valence-electron chi connectivity index (χ3n) is 4.31. The molecule has 6 nitrogen and oxygen atoms in total. The third kappa shape index (κ3) is 2.44. The summed E-state index contributed by atoms with van der Waals surface area (Å²) in [6.45, 7) is 0. The van der Waals surface area contributed by atoms with E-state index in [1.165, 1.54) is 0 Å². The molecule has 1 saturated heterocycles. The fourth-order valence-electron chi connectivity index (χ4n) is 3.21. The molecule has 0 aliphatic carbocycles. The van der Waals surface area contributed by atoms with Crippen LogP contribution in [0, 0.1) is 0 Å². The highest BCUT2D eigenvalue weighted by Gasteiger charge is 2.50. The van der Waals surface area contributed by atoms with E-state index in [0.29, 0.717) is 12.4 Å². The van der Waals surface area contributed by atoms with E-state index < -0.39 is 5.72 Å². The number of nitrogens with zero attached hydrogens (tertiary/aromatic N) is 3. The lowest BCUT2D eigenvalue weighted by molar-refractivity contribution is -0.191. The van der Waals surface area contributed by atoms with Gasteiger partial charge in [0.15, 0.2) is 0 Å². The summed E-state index contributed by atoms with van der Waals surface area (Å²) >= 11 is 3.54. The monoisotopic (exact) mass is 388 g/mol. The van der Waals surface area contributed by atoms with Crippen molar-refractivity contribution in [3.63, 3.8) is 0 Å². The largest absolute Gasteiger partial charge is 0.485 e. The standard InChI is InChI=1S/C17H17BrN4O2/c1-19-16-21-17(24-22(16)2)10-15(11-5-7-20-8-6-11)23-14-4-3-12(18)9-13(14)17/h3-9,15H,10H2,1-2H3,(H,19,21). The van der Waals surface area contributed by atoms with Gasteiger partial charge in [-0.3, -0.25) is 9.98 Å². The molecule has 2 aromatic rings. The van der Waals surface area contributed by atoms with Crippen LogP contribution in [0.25, 0.3) is 0 Å². The first-order valence-corrected chi connectivity index (χ1v) is 8.45. The van der Waals surface area contributed by atoms with Crippen LogP contribution in [0.4, 0.5) is 0 Å². The summed E-state index contributed by atoms with van der Waals surface area (Å²) in [7, 11) is 3.58. The van der Waals surface area contributed by atoms with Gasteiger partial charge in [0, 0.05) is 42.9 Å². The smallest absolute Gasteiger partial charge is 0.220 e. The molecule has 3 heterocycles. The molecule has 0 amide bonds. The average molecular weight is 389 g/mol. The number of hydrogen-bond acceptors (Lipinski definition) is 4. The molecule has 0 saturated carbocycles. The van der Waals surface area contributed by atoms with E-state index in [0.717, 1.165) is 21.3 Å². The number of aromatic nitrogens is 1.